The third-order valence-electron chi connectivity index (χ3n) is 2.71. The molecule has 20 heavy (non-hydrogen) atoms. The Hall–Kier alpha value is -2.60. The van der Waals surface area contributed by atoms with Crippen molar-refractivity contribution in [1.29, 1.82) is 0 Å². The largest absolute Gasteiger partial charge is 0.478 e. The van der Waals surface area contributed by atoms with Crippen LogP contribution in [0.2, 0.25) is 0 Å². The normalized spacial score (nSPS) is 10.4. The fraction of sp³-hybridized carbons (Fsp3) is 0. The summed E-state index contributed by atoms with van der Waals surface area (Å²) in [5.41, 5.74) is 2.53. The second-order valence-electron chi connectivity index (χ2n) is 4.02. The summed E-state index contributed by atoms with van der Waals surface area (Å²) in [6, 6.07) is 8.51. The molecule has 1 N–H and O–H groups in total. The molecule has 5 nitrogen and oxygen atoms in total. The third kappa shape index (κ3) is 2.41. The van der Waals surface area contributed by atoms with Crippen LogP contribution in [0.3, 0.4) is 0 Å². The van der Waals surface area contributed by atoms with Crippen molar-refractivity contribution in [2.24, 2.45) is 0 Å². The lowest BCUT2D eigenvalue weighted by atomic mass is 10.1. The molecule has 2 aromatic heterocycles. The van der Waals surface area contributed by atoms with Gasteiger partial charge in [-0.1, -0.05) is 12.1 Å². The molecule has 0 aliphatic heterocycles. The van der Waals surface area contributed by atoms with Gasteiger partial charge in [0.25, 0.3) is 0 Å². The van der Waals surface area contributed by atoms with Gasteiger partial charge < -0.3 is 5.11 Å². The maximum Gasteiger partial charge on any atom is 0.335 e. The maximum absolute atomic E-state index is 11.0. The zero-order valence-electron chi connectivity index (χ0n) is 10.2. The molecule has 0 aliphatic rings. The van der Waals surface area contributed by atoms with Gasteiger partial charge in [-0.3, -0.25) is 0 Å². The van der Waals surface area contributed by atoms with E-state index in [1.165, 1.54) is 17.7 Å². The Morgan fingerprint density at radius 1 is 1.20 bits per heavy atom. The van der Waals surface area contributed by atoms with Gasteiger partial charge in [0.2, 0.25) is 0 Å². The Bertz CT molecular complexity index is 756. The van der Waals surface area contributed by atoms with Gasteiger partial charge in [-0.15, -0.1) is 11.3 Å². The van der Waals surface area contributed by atoms with E-state index >= 15 is 0 Å². The van der Waals surface area contributed by atoms with E-state index in [1.54, 1.807) is 30.5 Å². The van der Waals surface area contributed by atoms with Gasteiger partial charge in [0.15, 0.2) is 0 Å². The molecule has 0 radical (unpaired) electrons. The molecule has 0 saturated heterocycles. The highest BCUT2D eigenvalue weighted by Gasteiger charge is 2.09. The topological polar surface area (TPSA) is 76.0 Å². The number of carboxylic acids is 1. The van der Waals surface area contributed by atoms with Crippen molar-refractivity contribution in [2.45, 2.75) is 0 Å². The molecule has 0 aliphatic carbocycles. The molecule has 98 valence electrons. The number of carboxylic acid groups (broad SMARTS) is 1. The van der Waals surface area contributed by atoms with E-state index in [0.717, 1.165) is 22.0 Å². The number of benzene rings is 1. The Morgan fingerprint density at radius 3 is 2.85 bits per heavy atom. The van der Waals surface area contributed by atoms with Crippen LogP contribution in [0, 0.1) is 0 Å². The second kappa shape index (κ2) is 5.18. The van der Waals surface area contributed by atoms with Crippen LogP contribution in [0.15, 0.2) is 48.2 Å². The molecular formula is C14H9N3O2S. The van der Waals surface area contributed by atoms with Gasteiger partial charge in [-0.25, -0.2) is 19.7 Å². The average Bonchev–Trinajstić information content (AvgIpc) is 2.98. The fourth-order valence-corrected chi connectivity index (χ4v) is 2.56. The Balaban J connectivity index is 1.98. The molecule has 0 atom stereocenters. The average molecular weight is 283 g/mol. The summed E-state index contributed by atoms with van der Waals surface area (Å²) in [6.07, 6.45) is 3.13. The molecule has 0 amide bonds. The number of hydrogen-bond donors (Lipinski definition) is 1. The van der Waals surface area contributed by atoms with E-state index in [4.69, 9.17) is 5.11 Å². The molecule has 0 bridgehead atoms. The quantitative estimate of drug-likeness (QED) is 0.799. The molecule has 0 unspecified atom stereocenters. The maximum atomic E-state index is 11.0. The number of nitrogens with zero attached hydrogens (tertiary/aromatic N) is 3. The van der Waals surface area contributed by atoms with Gasteiger partial charge >= 0.3 is 5.97 Å². The van der Waals surface area contributed by atoms with Crippen LogP contribution in [0.4, 0.5) is 0 Å². The monoisotopic (exact) mass is 283 g/mol. The number of aromatic nitrogens is 3. The molecule has 3 rings (SSSR count). The summed E-state index contributed by atoms with van der Waals surface area (Å²) in [5, 5.41) is 11.7. The van der Waals surface area contributed by atoms with Crippen molar-refractivity contribution >= 4 is 17.3 Å². The lowest BCUT2D eigenvalue weighted by molar-refractivity contribution is 0.0697. The predicted molar refractivity (Wildman–Crippen MR) is 75.5 cm³/mol. The van der Waals surface area contributed by atoms with Crippen LogP contribution in [0.25, 0.3) is 22.0 Å². The van der Waals surface area contributed by atoms with E-state index in [9.17, 15) is 4.79 Å². The van der Waals surface area contributed by atoms with Crippen molar-refractivity contribution in [1.82, 2.24) is 15.0 Å². The van der Waals surface area contributed by atoms with Gasteiger partial charge in [-0.05, 0) is 18.2 Å². The highest BCUT2D eigenvalue weighted by Crippen LogP contribution is 2.27. The predicted octanol–water partition coefficient (Wildman–Crippen LogP) is 2.97. The Labute approximate surface area is 118 Å². The summed E-state index contributed by atoms with van der Waals surface area (Å²) < 4.78 is 0. The molecule has 1 aromatic carbocycles. The zero-order valence-corrected chi connectivity index (χ0v) is 11.0. The molecule has 0 saturated carbocycles. The summed E-state index contributed by atoms with van der Waals surface area (Å²) in [6.45, 7) is 0. The Morgan fingerprint density at radius 2 is 2.10 bits per heavy atom. The van der Waals surface area contributed by atoms with Gasteiger partial charge in [-0.2, -0.15) is 0 Å². The standard InChI is InChI=1S/C14H9N3O2S/c18-14(19)10-3-1-2-9(6-10)12-7-20-13(17-12)11-4-5-15-8-16-11/h1-8H,(H,18,19). The van der Waals surface area contributed by atoms with Crippen molar-refractivity contribution in [3.05, 3.63) is 53.8 Å². The lowest BCUT2D eigenvalue weighted by Gasteiger charge is -1.99. The van der Waals surface area contributed by atoms with Gasteiger partial charge in [0, 0.05) is 17.1 Å². The van der Waals surface area contributed by atoms with Crippen LogP contribution in [0.5, 0.6) is 0 Å². The first-order valence-corrected chi connectivity index (χ1v) is 6.67. The summed E-state index contributed by atoms with van der Waals surface area (Å²) in [5.74, 6) is -0.946. The molecule has 0 fully saturated rings. The highest BCUT2D eigenvalue weighted by molar-refractivity contribution is 7.13. The number of carbonyl (C=O) groups is 1. The number of aromatic carboxylic acids is 1. The van der Waals surface area contributed by atoms with Crippen LogP contribution < -0.4 is 0 Å². The Kier molecular flexibility index (Phi) is 3.22. The van der Waals surface area contributed by atoms with Crippen LogP contribution in [0.1, 0.15) is 10.4 Å². The van der Waals surface area contributed by atoms with E-state index in [1.807, 2.05) is 11.4 Å². The van der Waals surface area contributed by atoms with E-state index in [0.29, 0.717) is 0 Å². The summed E-state index contributed by atoms with van der Waals surface area (Å²) >= 11 is 1.46. The van der Waals surface area contributed by atoms with Gasteiger partial charge in [0.05, 0.1) is 11.3 Å². The third-order valence-corrected chi connectivity index (χ3v) is 3.58. The van der Waals surface area contributed by atoms with E-state index < -0.39 is 5.97 Å². The summed E-state index contributed by atoms with van der Waals surface area (Å²) in [7, 11) is 0. The van der Waals surface area contributed by atoms with E-state index in [-0.39, 0.29) is 5.56 Å². The minimum atomic E-state index is -0.946. The molecule has 3 aromatic rings. The van der Waals surface area contributed by atoms with Crippen molar-refractivity contribution in [3.8, 4) is 22.0 Å². The zero-order chi connectivity index (χ0) is 13.9. The van der Waals surface area contributed by atoms with Crippen LogP contribution in [-0.2, 0) is 0 Å². The van der Waals surface area contributed by atoms with E-state index in [2.05, 4.69) is 15.0 Å². The summed E-state index contributed by atoms with van der Waals surface area (Å²) in [4.78, 5) is 23.5. The number of thiazole rings is 1. The molecule has 6 heteroatoms. The molecule has 0 spiro atoms. The first kappa shape index (κ1) is 12.4. The molecular weight excluding hydrogens is 274 g/mol. The van der Waals surface area contributed by atoms with Crippen molar-refractivity contribution in [3.63, 3.8) is 0 Å². The number of rotatable bonds is 3. The first-order chi connectivity index (χ1) is 9.74. The highest BCUT2D eigenvalue weighted by atomic mass is 32.1. The minimum absolute atomic E-state index is 0.249. The minimum Gasteiger partial charge on any atom is -0.478 e. The fourth-order valence-electron chi connectivity index (χ4n) is 1.75. The lowest BCUT2D eigenvalue weighted by Crippen LogP contribution is -1.95. The van der Waals surface area contributed by atoms with Crippen molar-refractivity contribution < 1.29 is 9.90 Å². The van der Waals surface area contributed by atoms with Crippen molar-refractivity contribution in [2.75, 3.05) is 0 Å². The van der Waals surface area contributed by atoms with Crippen LogP contribution in [-0.4, -0.2) is 26.0 Å². The van der Waals surface area contributed by atoms with Gasteiger partial charge in [0.1, 0.15) is 17.0 Å². The molecule has 2 heterocycles. The smallest absolute Gasteiger partial charge is 0.335 e. The second-order valence-corrected chi connectivity index (χ2v) is 4.88. The van der Waals surface area contributed by atoms with Crippen LogP contribution >= 0.6 is 11.3 Å². The SMILES string of the molecule is O=C(O)c1cccc(-c2csc(-c3ccncn3)n2)c1. The first-order valence-electron chi connectivity index (χ1n) is 5.80. The number of hydrogen-bond acceptors (Lipinski definition) is 5.